The first kappa shape index (κ1) is 30.3. The van der Waals surface area contributed by atoms with E-state index in [-0.39, 0.29) is 0 Å². The molecule has 44 heavy (non-hydrogen) atoms. The molecular weight excluding hydrogens is 611 g/mol. The van der Waals surface area contributed by atoms with E-state index < -0.39 is 12.4 Å². The lowest BCUT2D eigenvalue weighted by Crippen LogP contribution is -2.21. The normalized spacial score (nSPS) is 11.5. The smallest absolute Gasteiger partial charge is 0.0903 e. The Morgan fingerprint density at radius 3 is 0.841 bits per heavy atom. The van der Waals surface area contributed by atoms with Crippen molar-refractivity contribution in [2.75, 3.05) is 10.2 Å². The molecule has 2 N–H and O–H groups in total. The lowest BCUT2D eigenvalue weighted by Gasteiger charge is -2.26. The van der Waals surface area contributed by atoms with Gasteiger partial charge < -0.3 is 10.2 Å². The topological polar surface area (TPSA) is 24.1 Å². The number of nitrogens with one attached hydrogen (secondary N) is 2. The maximum atomic E-state index is 6.35. The minimum atomic E-state index is -2.21. The average molecular weight is 645 g/mol. The molecule has 0 saturated carbocycles. The van der Waals surface area contributed by atoms with Gasteiger partial charge >= 0.3 is 0 Å². The van der Waals surface area contributed by atoms with Gasteiger partial charge in [-0.3, -0.25) is 0 Å². The molecule has 0 heterocycles. The molecule has 0 saturated heterocycles. The fraction of sp³-hybridized carbons (Fsp3) is 0.0526. The second kappa shape index (κ2) is 13.9. The summed E-state index contributed by atoms with van der Waals surface area (Å²) >= 11 is 12.7. The third kappa shape index (κ3) is 6.96. The van der Waals surface area contributed by atoms with Crippen LogP contribution in [-0.4, -0.2) is 0 Å². The van der Waals surface area contributed by atoms with E-state index in [0.29, 0.717) is 0 Å². The third-order valence-corrected chi connectivity index (χ3v) is 16.0. The van der Waals surface area contributed by atoms with Crippen molar-refractivity contribution in [1.29, 1.82) is 0 Å². The highest BCUT2D eigenvalue weighted by atomic mass is 32.4. The number of hydrogen-bond donors (Lipinski definition) is 2. The predicted octanol–water partition coefficient (Wildman–Crippen LogP) is 8.39. The minimum Gasteiger partial charge on any atom is -0.351 e. The highest BCUT2D eigenvalue weighted by Gasteiger charge is 2.23. The van der Waals surface area contributed by atoms with E-state index in [1.165, 1.54) is 11.1 Å². The summed E-state index contributed by atoms with van der Waals surface area (Å²) in [6.45, 7) is 0. The van der Waals surface area contributed by atoms with Crippen molar-refractivity contribution in [2.45, 2.75) is 12.8 Å². The maximum Gasteiger partial charge on any atom is 0.0903 e. The van der Waals surface area contributed by atoms with E-state index in [1.54, 1.807) is 0 Å². The van der Waals surface area contributed by atoms with E-state index in [0.717, 1.165) is 45.4 Å². The Balaban J connectivity index is 1.13. The molecule has 6 aromatic carbocycles. The van der Waals surface area contributed by atoms with Gasteiger partial charge in [-0.25, -0.2) is 0 Å². The van der Waals surface area contributed by atoms with Crippen LogP contribution < -0.4 is 31.4 Å². The molecular formula is C38H34N2P2S2. The van der Waals surface area contributed by atoms with Crippen molar-refractivity contribution in [3.05, 3.63) is 181 Å². The second-order valence-electron chi connectivity index (χ2n) is 10.7. The van der Waals surface area contributed by atoms with Gasteiger partial charge in [-0.2, -0.15) is 0 Å². The lowest BCUT2D eigenvalue weighted by molar-refractivity contribution is 0.961. The summed E-state index contributed by atoms with van der Waals surface area (Å²) in [7, 11) is 0. The van der Waals surface area contributed by atoms with Crippen LogP contribution in [0.4, 0.5) is 11.4 Å². The van der Waals surface area contributed by atoms with Crippen LogP contribution in [0.15, 0.2) is 170 Å². The summed E-state index contributed by atoms with van der Waals surface area (Å²) in [5, 5.41) is 12.1. The Hall–Kier alpha value is -3.78. The van der Waals surface area contributed by atoms with Crippen LogP contribution in [0.2, 0.25) is 0 Å². The van der Waals surface area contributed by atoms with Gasteiger partial charge in [0.1, 0.15) is 0 Å². The van der Waals surface area contributed by atoms with E-state index in [9.17, 15) is 0 Å². The van der Waals surface area contributed by atoms with Crippen molar-refractivity contribution in [3.63, 3.8) is 0 Å². The number of anilines is 2. The molecule has 0 aliphatic carbocycles. The van der Waals surface area contributed by atoms with Gasteiger partial charge in [-0.05, 0) is 48.2 Å². The summed E-state index contributed by atoms with van der Waals surface area (Å²) in [4.78, 5) is 0. The van der Waals surface area contributed by atoms with E-state index in [2.05, 4.69) is 156 Å². The molecule has 0 atom stereocenters. The lowest BCUT2D eigenvalue weighted by atomic mass is 10.0. The molecule has 0 amide bonds. The molecule has 0 fully saturated rings. The highest BCUT2D eigenvalue weighted by molar-refractivity contribution is 8.23. The molecule has 218 valence electrons. The number of aryl methyl sites for hydroxylation is 2. The zero-order chi connectivity index (χ0) is 30.2. The molecule has 6 heteroatoms. The first-order chi connectivity index (χ1) is 21.5. The molecule has 6 aromatic rings. The first-order valence-electron chi connectivity index (χ1n) is 14.7. The Morgan fingerprint density at radius 1 is 0.341 bits per heavy atom. The minimum absolute atomic E-state index is 0.963. The maximum absolute atomic E-state index is 6.35. The molecule has 0 aliphatic rings. The largest absolute Gasteiger partial charge is 0.351 e. The predicted molar refractivity (Wildman–Crippen MR) is 200 cm³/mol. The number of rotatable bonds is 11. The van der Waals surface area contributed by atoms with Crippen molar-refractivity contribution < 1.29 is 0 Å². The van der Waals surface area contributed by atoms with Crippen molar-refractivity contribution >= 4 is 68.6 Å². The van der Waals surface area contributed by atoms with Crippen LogP contribution in [0.3, 0.4) is 0 Å². The quantitative estimate of drug-likeness (QED) is 0.138. The zero-order valence-corrected chi connectivity index (χ0v) is 27.7. The van der Waals surface area contributed by atoms with Crippen LogP contribution in [0.1, 0.15) is 11.1 Å². The van der Waals surface area contributed by atoms with Gasteiger partial charge in [-0.1, -0.05) is 169 Å². The average Bonchev–Trinajstić information content (AvgIpc) is 3.10. The number of benzene rings is 6. The Kier molecular flexibility index (Phi) is 9.55. The van der Waals surface area contributed by atoms with Gasteiger partial charge in [0.25, 0.3) is 0 Å². The van der Waals surface area contributed by atoms with E-state index >= 15 is 0 Å². The summed E-state index contributed by atoms with van der Waals surface area (Å²) in [5.41, 5.74) is 4.70. The van der Waals surface area contributed by atoms with E-state index in [4.69, 9.17) is 23.6 Å². The van der Waals surface area contributed by atoms with Crippen LogP contribution in [0.5, 0.6) is 0 Å². The van der Waals surface area contributed by atoms with Gasteiger partial charge in [0.15, 0.2) is 0 Å². The van der Waals surface area contributed by atoms with Gasteiger partial charge in [0.2, 0.25) is 0 Å². The van der Waals surface area contributed by atoms with Crippen LogP contribution in [-0.2, 0) is 36.5 Å². The van der Waals surface area contributed by atoms with Crippen LogP contribution in [0, 0.1) is 0 Å². The Labute approximate surface area is 271 Å². The summed E-state index contributed by atoms with van der Waals surface area (Å²) < 4.78 is 0. The van der Waals surface area contributed by atoms with Gasteiger partial charge in [0.05, 0.1) is 12.4 Å². The molecule has 0 radical (unpaired) electrons. The summed E-state index contributed by atoms with van der Waals surface area (Å²) in [5.74, 6) is 0. The highest BCUT2D eigenvalue weighted by Crippen LogP contribution is 2.45. The van der Waals surface area contributed by atoms with Crippen LogP contribution >= 0.6 is 12.4 Å². The molecule has 2 nitrogen and oxygen atoms in total. The van der Waals surface area contributed by atoms with Gasteiger partial charge in [-0.15, -0.1) is 0 Å². The van der Waals surface area contributed by atoms with Crippen molar-refractivity contribution in [2.24, 2.45) is 0 Å². The molecule has 0 unspecified atom stereocenters. The molecule has 6 rings (SSSR count). The first-order valence-corrected chi connectivity index (χ1v) is 20.3. The van der Waals surface area contributed by atoms with Crippen molar-refractivity contribution in [3.8, 4) is 0 Å². The monoisotopic (exact) mass is 644 g/mol. The number of hydrogen-bond acceptors (Lipinski definition) is 2. The molecule has 0 spiro atoms. The fourth-order valence-electron chi connectivity index (χ4n) is 5.25. The Bertz CT molecular complexity index is 1650. The van der Waals surface area contributed by atoms with Crippen LogP contribution in [0.25, 0.3) is 0 Å². The summed E-state index contributed by atoms with van der Waals surface area (Å²) in [6.07, 6.45) is -2.50. The standard InChI is InChI=1S/C38H34N2P2S2/c43-41(35-13-5-1-6-14-35,36-15-7-2-8-16-36)39-33-27-23-31(24-28-33)21-22-32-25-29-34(30-26-32)40-42(44,37-17-9-3-10-18-37)38-19-11-4-12-20-38/h1-20,23-30H,21-22H2,(H,39,43)(H,40,44). The second-order valence-corrected chi connectivity index (χ2v) is 18.9. The zero-order valence-electron chi connectivity index (χ0n) is 24.3. The van der Waals surface area contributed by atoms with E-state index in [1.807, 2.05) is 24.3 Å². The molecule has 0 aliphatic heterocycles. The Morgan fingerprint density at radius 2 is 0.591 bits per heavy atom. The molecule has 0 aromatic heterocycles. The summed E-state index contributed by atoms with van der Waals surface area (Å²) in [6, 6.07) is 59.2. The fourth-order valence-corrected chi connectivity index (χ4v) is 11.9. The van der Waals surface area contributed by atoms with Crippen molar-refractivity contribution in [1.82, 2.24) is 0 Å². The molecule has 0 bridgehead atoms. The van der Waals surface area contributed by atoms with Gasteiger partial charge in [0, 0.05) is 32.6 Å². The third-order valence-electron chi connectivity index (χ3n) is 7.66. The SMILES string of the molecule is S=P(Nc1ccc(CCc2ccc(NP(=S)(c3ccccc3)c3ccccc3)cc2)cc1)(c1ccccc1)c1ccccc1.